The van der Waals surface area contributed by atoms with Crippen LogP contribution in [0.25, 0.3) is 0 Å². The summed E-state index contributed by atoms with van der Waals surface area (Å²) in [6.45, 7) is 17.0. The fourth-order valence-corrected chi connectivity index (χ4v) is 3.95. The van der Waals surface area contributed by atoms with E-state index in [1.807, 2.05) is 64.6 Å². The smallest absolute Gasteiger partial charge is 0.259 e. The molecule has 0 fully saturated rings. The summed E-state index contributed by atoms with van der Waals surface area (Å²) >= 11 is 0. The lowest BCUT2D eigenvalue weighted by Gasteiger charge is -2.47. The van der Waals surface area contributed by atoms with E-state index in [0.29, 0.717) is 86.0 Å². The van der Waals surface area contributed by atoms with Crippen LogP contribution in [0.3, 0.4) is 0 Å². The Balaban J connectivity index is 2.76. The minimum atomic E-state index is -0.514. The third kappa shape index (κ3) is 9.06. The van der Waals surface area contributed by atoms with Crippen LogP contribution >= 0.6 is 0 Å². The van der Waals surface area contributed by atoms with Crippen molar-refractivity contribution in [1.82, 2.24) is 9.80 Å². The first kappa shape index (κ1) is 32.3. The Morgan fingerprint density at radius 1 is 0.658 bits per heavy atom. The third-order valence-electron chi connectivity index (χ3n) is 5.82. The number of rotatable bonds is 20. The molecular weight excluding hydrogens is 490 g/mol. The minimum absolute atomic E-state index is 0.187. The molecule has 216 valence electrons. The van der Waals surface area contributed by atoms with Crippen molar-refractivity contribution in [2.45, 2.75) is 47.8 Å². The highest BCUT2D eigenvalue weighted by atomic mass is 16.5. The Bertz CT molecular complexity index is 801. The Labute approximate surface area is 228 Å². The van der Waals surface area contributed by atoms with Crippen molar-refractivity contribution in [2.75, 3.05) is 80.0 Å². The summed E-state index contributed by atoms with van der Waals surface area (Å²) in [6.07, 6.45) is -0.514. The average Bonchev–Trinajstić information content (AvgIpc) is 2.95. The molecule has 1 aromatic rings. The number of amidine groups is 1. The van der Waals surface area contributed by atoms with Crippen LogP contribution in [-0.4, -0.2) is 112 Å². The van der Waals surface area contributed by atoms with Gasteiger partial charge >= 0.3 is 0 Å². The number of hydrogen-bond donors (Lipinski definition) is 0. The molecule has 1 unspecified atom stereocenters. The second kappa shape index (κ2) is 18.3. The maximum Gasteiger partial charge on any atom is 0.259 e. The zero-order chi connectivity index (χ0) is 27.6. The van der Waals surface area contributed by atoms with Gasteiger partial charge in [0, 0.05) is 39.6 Å². The molecule has 2 rings (SSSR count). The molecule has 0 saturated carbocycles. The summed E-state index contributed by atoms with van der Waals surface area (Å²) in [4.78, 5) is 14.3. The maximum absolute atomic E-state index is 6.11. The first-order valence-electron chi connectivity index (χ1n) is 13.7. The predicted molar refractivity (Wildman–Crippen MR) is 147 cm³/mol. The van der Waals surface area contributed by atoms with Crippen LogP contribution in [0.1, 0.15) is 47.1 Å². The van der Waals surface area contributed by atoms with Gasteiger partial charge in [0.15, 0.2) is 13.5 Å². The van der Waals surface area contributed by atoms with Crippen LogP contribution in [0.5, 0.6) is 0 Å². The van der Waals surface area contributed by atoms with Crippen LogP contribution in [-0.2, 0) is 28.4 Å². The molecule has 38 heavy (non-hydrogen) atoms. The molecule has 1 heterocycles. The summed E-state index contributed by atoms with van der Waals surface area (Å²) in [5.41, 5.74) is 0.949. The summed E-state index contributed by atoms with van der Waals surface area (Å²) in [6, 6.07) is 10.1. The average molecular weight is 539 g/mol. The van der Waals surface area contributed by atoms with Gasteiger partial charge in [0.05, 0.1) is 5.56 Å². The molecule has 11 nitrogen and oxygen atoms in total. The molecule has 0 spiro atoms. The molecule has 0 bridgehead atoms. The molecule has 1 atom stereocenters. The standard InChI is InChI=1S/C27H48N5O6/c1-7-33-18-30(19-34-8-2)26-28-25(24-16-14-13-15-17-24)32(22-37-11-5,23-38-12-6)27(29-26)31(20-35-9-3)21-36-10-4/h13-17,27H,7-12,18-23H2,1-6H3/q+1. The van der Waals surface area contributed by atoms with Gasteiger partial charge < -0.3 is 28.4 Å². The van der Waals surface area contributed by atoms with Crippen LogP contribution < -0.4 is 0 Å². The van der Waals surface area contributed by atoms with Crippen molar-refractivity contribution in [2.24, 2.45) is 9.98 Å². The van der Waals surface area contributed by atoms with Crippen molar-refractivity contribution < 1.29 is 32.9 Å². The highest BCUT2D eigenvalue weighted by Crippen LogP contribution is 2.29. The van der Waals surface area contributed by atoms with Gasteiger partial charge in [-0.25, -0.2) is 0 Å². The quantitative estimate of drug-likeness (QED) is 0.184. The van der Waals surface area contributed by atoms with E-state index in [1.165, 1.54) is 0 Å². The van der Waals surface area contributed by atoms with Gasteiger partial charge in [-0.05, 0) is 53.7 Å². The van der Waals surface area contributed by atoms with Gasteiger partial charge in [-0.15, -0.1) is 0 Å². The fraction of sp³-hybridized carbons (Fsp3) is 0.704. The first-order valence-corrected chi connectivity index (χ1v) is 13.7. The Morgan fingerprint density at radius 3 is 1.61 bits per heavy atom. The molecule has 0 saturated heterocycles. The van der Waals surface area contributed by atoms with E-state index >= 15 is 0 Å². The van der Waals surface area contributed by atoms with E-state index in [-0.39, 0.29) is 4.48 Å². The molecule has 1 aliphatic heterocycles. The highest BCUT2D eigenvalue weighted by Gasteiger charge is 2.50. The molecule has 1 aliphatic rings. The fourth-order valence-electron chi connectivity index (χ4n) is 3.95. The van der Waals surface area contributed by atoms with Crippen LogP contribution in [0.2, 0.25) is 0 Å². The largest absolute Gasteiger partial charge is 0.366 e. The van der Waals surface area contributed by atoms with Gasteiger partial charge in [0.2, 0.25) is 11.8 Å². The van der Waals surface area contributed by atoms with Crippen molar-refractivity contribution in [3.05, 3.63) is 35.9 Å². The van der Waals surface area contributed by atoms with E-state index in [9.17, 15) is 0 Å². The summed E-state index contributed by atoms with van der Waals surface area (Å²) in [5, 5.41) is 0. The summed E-state index contributed by atoms with van der Waals surface area (Å²) < 4.78 is 35.7. The molecule has 11 heteroatoms. The van der Waals surface area contributed by atoms with Gasteiger partial charge in [-0.2, -0.15) is 19.4 Å². The molecule has 0 radical (unpaired) electrons. The van der Waals surface area contributed by atoms with Crippen molar-refractivity contribution in [3.8, 4) is 0 Å². The lowest BCUT2D eigenvalue weighted by atomic mass is 10.1. The van der Waals surface area contributed by atoms with E-state index in [0.717, 1.165) is 11.4 Å². The Morgan fingerprint density at radius 2 is 1.13 bits per heavy atom. The molecule has 1 aromatic carbocycles. The molecule has 0 amide bonds. The molecule has 0 N–H and O–H groups in total. The minimum Gasteiger partial charge on any atom is -0.366 e. The predicted octanol–water partition coefficient (Wildman–Crippen LogP) is 3.47. The van der Waals surface area contributed by atoms with Gasteiger partial charge in [0.1, 0.15) is 26.9 Å². The number of aliphatic imine (C=N–C) groups is 2. The number of benzene rings is 1. The molecule has 0 aliphatic carbocycles. The summed E-state index contributed by atoms with van der Waals surface area (Å²) in [7, 11) is 0. The monoisotopic (exact) mass is 538 g/mol. The van der Waals surface area contributed by atoms with E-state index in [2.05, 4.69) is 17.0 Å². The number of nitrogens with zero attached hydrogens (tertiary/aromatic N) is 5. The van der Waals surface area contributed by atoms with Gasteiger partial charge in [-0.1, -0.05) is 18.2 Å². The van der Waals surface area contributed by atoms with Gasteiger partial charge in [0.25, 0.3) is 6.29 Å². The number of ether oxygens (including phenoxy) is 6. The van der Waals surface area contributed by atoms with Crippen molar-refractivity contribution in [1.29, 1.82) is 0 Å². The summed E-state index contributed by atoms with van der Waals surface area (Å²) in [5.74, 6) is 1.29. The van der Waals surface area contributed by atoms with E-state index in [1.54, 1.807) is 0 Å². The van der Waals surface area contributed by atoms with Gasteiger partial charge in [-0.3, -0.25) is 4.90 Å². The number of hydrogen-bond acceptors (Lipinski definition) is 10. The molecular formula is C27H48N5O6+. The van der Waals surface area contributed by atoms with Crippen LogP contribution in [0.4, 0.5) is 0 Å². The molecule has 0 aromatic heterocycles. The number of guanidine groups is 1. The highest BCUT2D eigenvalue weighted by molar-refractivity contribution is 6.03. The van der Waals surface area contributed by atoms with E-state index in [4.69, 9.17) is 38.4 Å². The van der Waals surface area contributed by atoms with Crippen LogP contribution in [0, 0.1) is 0 Å². The third-order valence-corrected chi connectivity index (χ3v) is 5.82. The lowest BCUT2D eigenvalue weighted by Crippen LogP contribution is -2.69. The first-order chi connectivity index (χ1) is 18.6. The normalized spacial score (nSPS) is 17.0. The van der Waals surface area contributed by atoms with Crippen molar-refractivity contribution >= 4 is 11.8 Å². The number of quaternary nitrogens is 1. The zero-order valence-electron chi connectivity index (χ0n) is 24.1. The second-order valence-corrected chi connectivity index (χ2v) is 8.47. The lowest BCUT2D eigenvalue weighted by molar-refractivity contribution is -0.918. The zero-order valence-corrected chi connectivity index (χ0v) is 24.1. The topological polar surface area (TPSA) is 86.6 Å². The maximum atomic E-state index is 6.11. The second-order valence-electron chi connectivity index (χ2n) is 8.47. The Kier molecular flexibility index (Phi) is 15.6. The Hall–Kier alpha value is -1.96. The van der Waals surface area contributed by atoms with E-state index < -0.39 is 6.29 Å². The SMILES string of the molecule is CCOCN(COCC)C1=NC(N(COCC)COCC)[N+](COCC)(COCC)C(c2ccccc2)=N1. The van der Waals surface area contributed by atoms with Crippen LogP contribution in [0.15, 0.2) is 40.3 Å². The van der Waals surface area contributed by atoms with Crippen molar-refractivity contribution in [3.63, 3.8) is 0 Å².